The van der Waals surface area contributed by atoms with Crippen LogP contribution >= 0.6 is 0 Å². The number of rotatable bonds is 5. The van der Waals surface area contributed by atoms with Crippen molar-refractivity contribution in [1.82, 2.24) is 9.97 Å². The third-order valence-electron chi connectivity index (χ3n) is 5.01. The molecule has 8 heteroatoms. The summed E-state index contributed by atoms with van der Waals surface area (Å²) in [6, 6.07) is 8.50. The van der Waals surface area contributed by atoms with Crippen LogP contribution in [0.5, 0.6) is 0 Å². The summed E-state index contributed by atoms with van der Waals surface area (Å²) in [5.41, 5.74) is 3.37. The van der Waals surface area contributed by atoms with Crippen molar-refractivity contribution >= 4 is 28.8 Å². The second-order valence-electron chi connectivity index (χ2n) is 7.19. The number of hydrogen-bond acceptors (Lipinski definition) is 8. The summed E-state index contributed by atoms with van der Waals surface area (Å²) in [6.45, 7) is 6.66. The van der Waals surface area contributed by atoms with Gasteiger partial charge in [-0.15, -0.1) is 0 Å². The normalized spacial score (nSPS) is 17.5. The van der Waals surface area contributed by atoms with Gasteiger partial charge in [-0.1, -0.05) is 0 Å². The van der Waals surface area contributed by atoms with Crippen LogP contribution in [-0.4, -0.2) is 76.7 Å². The van der Waals surface area contributed by atoms with E-state index in [9.17, 15) is 0 Å². The molecule has 0 radical (unpaired) electrons. The Morgan fingerprint density at radius 2 is 1.46 bits per heavy atom. The van der Waals surface area contributed by atoms with Gasteiger partial charge in [0.2, 0.25) is 5.95 Å². The molecule has 0 atom stereocenters. The lowest BCUT2D eigenvalue weighted by atomic mass is 10.2. The van der Waals surface area contributed by atoms with Gasteiger partial charge in [-0.25, -0.2) is 4.98 Å². The first-order valence-corrected chi connectivity index (χ1v) is 9.77. The smallest absolute Gasteiger partial charge is 0.229 e. The highest BCUT2D eigenvalue weighted by molar-refractivity contribution is 5.71. The number of ether oxygens (including phenoxy) is 2. The van der Waals surface area contributed by atoms with Crippen molar-refractivity contribution in [2.24, 2.45) is 0 Å². The fraction of sp³-hybridized carbons (Fsp3) is 0.500. The molecule has 0 aliphatic carbocycles. The van der Waals surface area contributed by atoms with E-state index in [4.69, 9.17) is 9.47 Å². The summed E-state index contributed by atoms with van der Waals surface area (Å²) in [6.07, 6.45) is 1.78. The van der Waals surface area contributed by atoms with Crippen LogP contribution in [0.15, 0.2) is 30.5 Å². The minimum atomic E-state index is 0.596. The number of nitrogens with one attached hydrogen (secondary N) is 1. The Labute approximate surface area is 166 Å². The molecule has 0 amide bonds. The van der Waals surface area contributed by atoms with Gasteiger partial charge < -0.3 is 29.5 Å². The highest BCUT2D eigenvalue weighted by Gasteiger charge is 2.17. The molecule has 1 N–H and O–H groups in total. The minimum absolute atomic E-state index is 0.596. The molecule has 8 nitrogen and oxygen atoms in total. The van der Waals surface area contributed by atoms with Crippen LogP contribution in [0.2, 0.25) is 0 Å². The molecule has 0 spiro atoms. The molecule has 0 bridgehead atoms. The standard InChI is InChI=1S/C20H28N6O2/c1-24(2)19-3-4-21-20(23-19)22-16-13-17(25-5-9-27-10-6-25)15-18(14-16)26-7-11-28-12-8-26/h3-4,13-15H,5-12H2,1-2H3,(H,21,22,23). The molecule has 1 aromatic carbocycles. The maximum atomic E-state index is 5.52. The average Bonchev–Trinajstić information content (AvgIpc) is 2.75. The maximum Gasteiger partial charge on any atom is 0.229 e. The molecular weight excluding hydrogens is 356 g/mol. The van der Waals surface area contributed by atoms with Gasteiger partial charge in [0, 0.05) is 63.5 Å². The zero-order chi connectivity index (χ0) is 19.3. The lowest BCUT2D eigenvalue weighted by Crippen LogP contribution is -2.38. The van der Waals surface area contributed by atoms with Crippen LogP contribution in [0.4, 0.5) is 28.8 Å². The van der Waals surface area contributed by atoms with E-state index >= 15 is 0 Å². The quantitative estimate of drug-likeness (QED) is 0.839. The molecule has 1 aromatic heterocycles. The largest absolute Gasteiger partial charge is 0.378 e. The number of morpholine rings is 2. The maximum absolute atomic E-state index is 5.52. The first-order chi connectivity index (χ1) is 13.7. The summed E-state index contributed by atoms with van der Waals surface area (Å²) in [5.74, 6) is 1.47. The van der Waals surface area contributed by atoms with E-state index < -0.39 is 0 Å². The molecule has 4 rings (SSSR count). The highest BCUT2D eigenvalue weighted by atomic mass is 16.5. The Morgan fingerprint density at radius 3 is 2.00 bits per heavy atom. The molecule has 0 saturated carbocycles. The van der Waals surface area contributed by atoms with Crippen LogP contribution in [0.25, 0.3) is 0 Å². The Hall–Kier alpha value is -2.58. The minimum Gasteiger partial charge on any atom is -0.378 e. The summed E-state index contributed by atoms with van der Waals surface area (Å²) < 4.78 is 11.0. The monoisotopic (exact) mass is 384 g/mol. The van der Waals surface area contributed by atoms with Crippen LogP contribution < -0.4 is 20.0 Å². The van der Waals surface area contributed by atoms with E-state index in [0.717, 1.165) is 64.1 Å². The van der Waals surface area contributed by atoms with Gasteiger partial charge in [-0.2, -0.15) is 4.98 Å². The number of benzene rings is 1. The molecule has 28 heavy (non-hydrogen) atoms. The van der Waals surface area contributed by atoms with E-state index in [1.165, 1.54) is 11.4 Å². The van der Waals surface area contributed by atoms with Crippen LogP contribution in [0.3, 0.4) is 0 Å². The lowest BCUT2D eigenvalue weighted by molar-refractivity contribution is 0.122. The van der Waals surface area contributed by atoms with Gasteiger partial charge in [0.25, 0.3) is 0 Å². The Balaban J connectivity index is 1.63. The van der Waals surface area contributed by atoms with Crippen molar-refractivity contribution in [1.29, 1.82) is 0 Å². The van der Waals surface area contributed by atoms with Gasteiger partial charge in [-0.3, -0.25) is 0 Å². The zero-order valence-corrected chi connectivity index (χ0v) is 16.6. The van der Waals surface area contributed by atoms with Crippen molar-refractivity contribution in [3.8, 4) is 0 Å². The topological polar surface area (TPSA) is 66.0 Å². The van der Waals surface area contributed by atoms with E-state index in [1.54, 1.807) is 6.20 Å². The molecular formula is C20H28N6O2. The fourth-order valence-corrected chi connectivity index (χ4v) is 3.46. The Bertz CT molecular complexity index is 752. The van der Waals surface area contributed by atoms with Gasteiger partial charge >= 0.3 is 0 Å². The third kappa shape index (κ3) is 4.45. The first-order valence-electron chi connectivity index (χ1n) is 9.77. The van der Waals surface area contributed by atoms with E-state index in [2.05, 4.69) is 43.3 Å². The number of hydrogen-bond donors (Lipinski definition) is 1. The molecule has 0 unspecified atom stereocenters. The van der Waals surface area contributed by atoms with Crippen molar-refractivity contribution in [2.45, 2.75) is 0 Å². The molecule has 2 aliphatic rings. The molecule has 2 aromatic rings. The molecule has 150 valence electrons. The summed E-state index contributed by atoms with van der Waals surface area (Å²) >= 11 is 0. The SMILES string of the molecule is CN(C)c1ccnc(Nc2cc(N3CCOCC3)cc(N3CCOCC3)c2)n1. The van der Waals surface area contributed by atoms with Crippen molar-refractivity contribution in [3.05, 3.63) is 30.5 Å². The highest BCUT2D eigenvalue weighted by Crippen LogP contribution is 2.30. The van der Waals surface area contributed by atoms with Crippen LogP contribution in [-0.2, 0) is 9.47 Å². The van der Waals surface area contributed by atoms with Crippen molar-refractivity contribution < 1.29 is 9.47 Å². The lowest BCUT2D eigenvalue weighted by Gasteiger charge is -2.33. The molecule has 2 saturated heterocycles. The Morgan fingerprint density at radius 1 is 0.893 bits per heavy atom. The van der Waals surface area contributed by atoms with Gasteiger partial charge in [0.05, 0.1) is 26.4 Å². The molecule has 2 fully saturated rings. The van der Waals surface area contributed by atoms with Gasteiger partial charge in [0.1, 0.15) is 5.82 Å². The van der Waals surface area contributed by atoms with Gasteiger partial charge in [0.15, 0.2) is 0 Å². The third-order valence-corrected chi connectivity index (χ3v) is 5.01. The summed E-state index contributed by atoms with van der Waals surface area (Å²) in [4.78, 5) is 15.7. The predicted molar refractivity (Wildman–Crippen MR) is 112 cm³/mol. The van der Waals surface area contributed by atoms with E-state index in [-0.39, 0.29) is 0 Å². The Kier molecular flexibility index (Phi) is 5.78. The average molecular weight is 384 g/mol. The predicted octanol–water partition coefficient (Wildman–Crippen LogP) is 1.96. The zero-order valence-electron chi connectivity index (χ0n) is 16.6. The van der Waals surface area contributed by atoms with Crippen LogP contribution in [0, 0.1) is 0 Å². The van der Waals surface area contributed by atoms with Gasteiger partial charge in [-0.05, 0) is 24.3 Å². The number of aromatic nitrogens is 2. The number of anilines is 5. The first kappa shape index (κ1) is 18.8. The summed E-state index contributed by atoms with van der Waals surface area (Å²) in [7, 11) is 3.95. The molecule has 2 aliphatic heterocycles. The van der Waals surface area contributed by atoms with Crippen molar-refractivity contribution in [3.63, 3.8) is 0 Å². The van der Waals surface area contributed by atoms with Crippen molar-refractivity contribution in [2.75, 3.05) is 86.7 Å². The van der Waals surface area contributed by atoms with E-state index in [1.807, 2.05) is 25.1 Å². The van der Waals surface area contributed by atoms with Crippen LogP contribution in [0.1, 0.15) is 0 Å². The number of nitrogens with zero attached hydrogens (tertiary/aromatic N) is 5. The fourth-order valence-electron chi connectivity index (χ4n) is 3.46. The second kappa shape index (κ2) is 8.62. The summed E-state index contributed by atoms with van der Waals surface area (Å²) in [5, 5.41) is 3.39. The second-order valence-corrected chi connectivity index (χ2v) is 7.19. The molecule has 3 heterocycles. The van der Waals surface area contributed by atoms with E-state index in [0.29, 0.717) is 5.95 Å².